The quantitative estimate of drug-likeness (QED) is 0.800. The predicted molar refractivity (Wildman–Crippen MR) is 78.9 cm³/mol. The largest absolute Gasteiger partial charge is 0.348 e. The number of rotatable bonds is 2. The van der Waals surface area contributed by atoms with Crippen molar-refractivity contribution in [1.29, 1.82) is 0 Å². The number of carbonyl (C=O) groups is 1. The maximum atomic E-state index is 12.4. The fourth-order valence-electron chi connectivity index (χ4n) is 3.49. The van der Waals surface area contributed by atoms with E-state index in [1.54, 1.807) is 12.4 Å². The number of aromatic nitrogens is 2. The van der Waals surface area contributed by atoms with E-state index in [0.717, 1.165) is 30.6 Å². The van der Waals surface area contributed by atoms with Gasteiger partial charge < -0.3 is 15.0 Å². The number of nitrogens with one attached hydrogen (secondary N) is 2. The van der Waals surface area contributed by atoms with Crippen molar-refractivity contribution in [2.24, 2.45) is 5.92 Å². The van der Waals surface area contributed by atoms with Gasteiger partial charge in [0.2, 0.25) is 0 Å². The van der Waals surface area contributed by atoms with Crippen LogP contribution >= 0.6 is 0 Å². The summed E-state index contributed by atoms with van der Waals surface area (Å²) in [5.41, 5.74) is 2.03. The molecule has 106 valence electrons. The molecule has 5 heteroatoms. The summed E-state index contributed by atoms with van der Waals surface area (Å²) in [7, 11) is 0. The van der Waals surface area contributed by atoms with Crippen LogP contribution in [0.2, 0.25) is 0 Å². The summed E-state index contributed by atoms with van der Waals surface area (Å²) in [5, 5.41) is 6.56. The minimum atomic E-state index is -0.119. The van der Waals surface area contributed by atoms with E-state index in [1.165, 1.54) is 0 Å². The van der Waals surface area contributed by atoms with E-state index in [4.69, 9.17) is 6.42 Å². The van der Waals surface area contributed by atoms with Crippen LogP contribution in [0.25, 0.3) is 5.52 Å². The van der Waals surface area contributed by atoms with Crippen LogP contribution in [-0.2, 0) is 0 Å². The third kappa shape index (κ3) is 1.99. The normalized spacial score (nSPS) is 26.9. The van der Waals surface area contributed by atoms with Gasteiger partial charge in [0.15, 0.2) is 0 Å². The Hall–Kier alpha value is -2.32. The molecule has 2 aromatic rings. The predicted octanol–water partition coefficient (Wildman–Crippen LogP) is 0.796. The summed E-state index contributed by atoms with van der Waals surface area (Å²) >= 11 is 0. The number of hydrogen-bond donors (Lipinski definition) is 2. The van der Waals surface area contributed by atoms with Crippen molar-refractivity contribution in [3.8, 4) is 12.3 Å². The number of piperidine rings is 1. The highest BCUT2D eigenvalue weighted by atomic mass is 16.2. The van der Waals surface area contributed by atoms with Gasteiger partial charge in [-0.25, -0.2) is 4.98 Å². The van der Waals surface area contributed by atoms with E-state index in [-0.39, 0.29) is 11.9 Å². The zero-order valence-corrected chi connectivity index (χ0v) is 11.5. The first-order valence-corrected chi connectivity index (χ1v) is 7.22. The first kappa shape index (κ1) is 12.4. The molecule has 2 aliphatic rings. The van der Waals surface area contributed by atoms with E-state index in [0.29, 0.717) is 17.7 Å². The Bertz CT molecular complexity index is 757. The summed E-state index contributed by atoms with van der Waals surface area (Å²) < 4.78 is 1.82. The van der Waals surface area contributed by atoms with Crippen molar-refractivity contribution in [3.05, 3.63) is 35.9 Å². The molecule has 5 nitrogen and oxygen atoms in total. The number of amides is 1. The van der Waals surface area contributed by atoms with Gasteiger partial charge in [0.1, 0.15) is 5.69 Å². The molecule has 0 radical (unpaired) electrons. The van der Waals surface area contributed by atoms with Gasteiger partial charge in [-0.1, -0.05) is 5.92 Å². The van der Waals surface area contributed by atoms with Crippen molar-refractivity contribution in [3.63, 3.8) is 0 Å². The molecule has 1 saturated heterocycles. The molecule has 2 N–H and O–H groups in total. The van der Waals surface area contributed by atoms with Crippen LogP contribution in [-0.4, -0.2) is 33.9 Å². The molecule has 3 atom stereocenters. The van der Waals surface area contributed by atoms with Crippen LogP contribution in [0.3, 0.4) is 0 Å². The van der Waals surface area contributed by atoms with Crippen molar-refractivity contribution in [2.75, 3.05) is 6.54 Å². The number of hydrogen-bond acceptors (Lipinski definition) is 3. The lowest BCUT2D eigenvalue weighted by atomic mass is 10.0. The lowest BCUT2D eigenvalue weighted by Crippen LogP contribution is -2.44. The molecule has 1 saturated carbocycles. The van der Waals surface area contributed by atoms with Gasteiger partial charge in [-0.2, -0.15) is 0 Å². The number of terminal acetylenes is 1. The second kappa shape index (κ2) is 4.61. The van der Waals surface area contributed by atoms with Crippen LogP contribution in [0.15, 0.2) is 24.5 Å². The second-order valence-electron chi connectivity index (χ2n) is 5.85. The molecule has 1 aliphatic heterocycles. The smallest absolute Gasteiger partial charge is 0.271 e. The Morgan fingerprint density at radius 3 is 3.10 bits per heavy atom. The fraction of sp³-hybridized carbons (Fsp3) is 0.375. The summed E-state index contributed by atoms with van der Waals surface area (Å²) in [6.07, 6.45) is 11.0. The van der Waals surface area contributed by atoms with Gasteiger partial charge in [0, 0.05) is 24.8 Å². The highest BCUT2D eigenvalue weighted by Crippen LogP contribution is 2.31. The summed E-state index contributed by atoms with van der Waals surface area (Å²) in [6, 6.07) is 4.57. The molecule has 3 unspecified atom stereocenters. The Labute approximate surface area is 122 Å². The van der Waals surface area contributed by atoms with Crippen LogP contribution < -0.4 is 10.6 Å². The summed E-state index contributed by atoms with van der Waals surface area (Å²) in [5.74, 6) is 3.04. The Morgan fingerprint density at radius 2 is 2.38 bits per heavy atom. The van der Waals surface area contributed by atoms with Crippen LogP contribution in [0.4, 0.5) is 0 Å². The first-order chi connectivity index (χ1) is 10.2. The van der Waals surface area contributed by atoms with E-state index in [9.17, 15) is 4.79 Å². The Morgan fingerprint density at radius 1 is 1.48 bits per heavy atom. The first-order valence-electron chi connectivity index (χ1n) is 7.22. The Balaban J connectivity index is 1.58. The molecule has 21 heavy (non-hydrogen) atoms. The van der Waals surface area contributed by atoms with Crippen LogP contribution in [0, 0.1) is 18.3 Å². The SMILES string of the molecule is C#Cc1ccc2cnc(C(=O)NC3CC4CC3CN4)cn12. The summed E-state index contributed by atoms with van der Waals surface area (Å²) in [4.78, 5) is 16.6. The molecular weight excluding hydrogens is 264 g/mol. The molecule has 4 rings (SSSR count). The maximum absolute atomic E-state index is 12.4. The van der Waals surface area contributed by atoms with Crippen molar-refractivity contribution < 1.29 is 4.79 Å². The van der Waals surface area contributed by atoms with Gasteiger partial charge in [-0.05, 0) is 30.9 Å². The monoisotopic (exact) mass is 280 g/mol. The minimum absolute atomic E-state index is 0.119. The molecule has 3 heterocycles. The molecule has 2 fully saturated rings. The molecular formula is C16H16N4O. The summed E-state index contributed by atoms with van der Waals surface area (Å²) in [6.45, 7) is 1.00. The highest BCUT2D eigenvalue weighted by Gasteiger charge is 2.40. The molecule has 2 bridgehead atoms. The van der Waals surface area contributed by atoms with Gasteiger partial charge in [0.25, 0.3) is 5.91 Å². The number of fused-ring (bicyclic) bond motifs is 3. The third-order valence-corrected chi connectivity index (χ3v) is 4.60. The van der Waals surface area contributed by atoms with Gasteiger partial charge in [-0.15, -0.1) is 6.42 Å². The van der Waals surface area contributed by atoms with E-state index < -0.39 is 0 Å². The van der Waals surface area contributed by atoms with Gasteiger partial charge in [-0.3, -0.25) is 4.79 Å². The zero-order chi connectivity index (χ0) is 14.4. The molecule has 1 aliphatic carbocycles. The van der Waals surface area contributed by atoms with Crippen molar-refractivity contribution >= 4 is 11.4 Å². The molecule has 0 aromatic carbocycles. The molecule has 0 spiro atoms. The van der Waals surface area contributed by atoms with E-state index in [2.05, 4.69) is 21.5 Å². The van der Waals surface area contributed by atoms with Crippen molar-refractivity contribution in [2.45, 2.75) is 24.9 Å². The number of nitrogens with zero attached hydrogens (tertiary/aromatic N) is 2. The highest BCUT2D eigenvalue weighted by molar-refractivity contribution is 5.92. The lowest BCUT2D eigenvalue weighted by Gasteiger charge is -2.23. The van der Waals surface area contributed by atoms with Gasteiger partial charge in [0.05, 0.1) is 17.4 Å². The molecule has 2 aromatic heterocycles. The number of carbonyl (C=O) groups excluding carboxylic acids is 1. The third-order valence-electron chi connectivity index (χ3n) is 4.60. The van der Waals surface area contributed by atoms with E-state index in [1.807, 2.05) is 16.5 Å². The van der Waals surface area contributed by atoms with Gasteiger partial charge >= 0.3 is 0 Å². The van der Waals surface area contributed by atoms with Crippen molar-refractivity contribution in [1.82, 2.24) is 20.0 Å². The standard InChI is InChI=1S/C16H16N4O/c1-2-12-3-4-13-8-18-15(9-20(12)13)16(21)19-14-6-11-5-10(14)7-17-11/h1,3-4,8-11,14,17H,5-7H2,(H,19,21). The maximum Gasteiger partial charge on any atom is 0.271 e. The fourth-order valence-corrected chi connectivity index (χ4v) is 3.49. The minimum Gasteiger partial charge on any atom is -0.348 e. The van der Waals surface area contributed by atoms with E-state index >= 15 is 0 Å². The average molecular weight is 280 g/mol. The zero-order valence-electron chi connectivity index (χ0n) is 11.5. The van der Waals surface area contributed by atoms with Crippen LogP contribution in [0.1, 0.15) is 29.0 Å². The van der Waals surface area contributed by atoms with Crippen LogP contribution in [0.5, 0.6) is 0 Å². The molecule has 1 amide bonds. The average Bonchev–Trinajstić information content (AvgIpc) is 3.21. The topological polar surface area (TPSA) is 58.4 Å². The second-order valence-corrected chi connectivity index (χ2v) is 5.85. The Kier molecular flexibility index (Phi) is 2.72. The lowest BCUT2D eigenvalue weighted by molar-refractivity contribution is 0.0919.